The molecule has 0 saturated heterocycles. The van der Waals surface area contributed by atoms with Gasteiger partial charge in [-0.3, -0.25) is 0 Å². The number of alkyl halides is 3. The Balaban J connectivity index is 3.19. The third-order valence-electron chi connectivity index (χ3n) is 1.65. The monoisotopic (exact) mass is 221 g/mol. The summed E-state index contributed by atoms with van der Waals surface area (Å²) in [7, 11) is 0. The summed E-state index contributed by atoms with van der Waals surface area (Å²) in [5.74, 6) is -1.62. The Morgan fingerprint density at radius 3 is 2.53 bits per heavy atom. The number of pyridine rings is 1. The summed E-state index contributed by atoms with van der Waals surface area (Å²) < 4.78 is 36.3. The lowest BCUT2D eigenvalue weighted by molar-refractivity contribution is -0.207. The first-order valence-corrected chi connectivity index (χ1v) is 3.77. The molecule has 1 rings (SSSR count). The van der Waals surface area contributed by atoms with E-state index in [2.05, 4.69) is 4.98 Å². The molecule has 82 valence electrons. The molecule has 2 N–H and O–H groups in total. The van der Waals surface area contributed by atoms with E-state index in [4.69, 9.17) is 10.2 Å². The van der Waals surface area contributed by atoms with E-state index in [-0.39, 0.29) is 0 Å². The molecule has 1 heterocycles. The number of nitrogens with zero attached hydrogens (tertiary/aromatic N) is 1. The van der Waals surface area contributed by atoms with Crippen LogP contribution in [0.5, 0.6) is 0 Å². The van der Waals surface area contributed by atoms with Crippen LogP contribution in [0.15, 0.2) is 18.3 Å². The molecule has 1 unspecified atom stereocenters. The van der Waals surface area contributed by atoms with Gasteiger partial charge in [0.15, 0.2) is 11.8 Å². The molecule has 1 aromatic heterocycles. The zero-order chi connectivity index (χ0) is 11.6. The van der Waals surface area contributed by atoms with Crippen LogP contribution in [0.25, 0.3) is 0 Å². The van der Waals surface area contributed by atoms with Gasteiger partial charge in [-0.2, -0.15) is 13.2 Å². The lowest BCUT2D eigenvalue weighted by Gasteiger charge is -2.15. The van der Waals surface area contributed by atoms with Gasteiger partial charge in [0.25, 0.3) is 0 Å². The molecular formula is C8H6F3NO3. The van der Waals surface area contributed by atoms with E-state index in [9.17, 15) is 18.0 Å². The quantitative estimate of drug-likeness (QED) is 0.791. The molecule has 0 bridgehead atoms. The standard InChI is InChI=1S/C8H6F3NO3/c9-8(10,11)6(13)4-2-1-3-12-5(4)7(14)15/h1-3,6,13H,(H,14,15). The van der Waals surface area contributed by atoms with E-state index < -0.39 is 29.5 Å². The van der Waals surface area contributed by atoms with E-state index in [1.54, 1.807) is 0 Å². The Hall–Kier alpha value is -1.63. The Morgan fingerprint density at radius 2 is 2.07 bits per heavy atom. The van der Waals surface area contributed by atoms with Gasteiger partial charge in [-0.25, -0.2) is 9.78 Å². The molecular weight excluding hydrogens is 215 g/mol. The molecule has 0 fully saturated rings. The Morgan fingerprint density at radius 1 is 1.47 bits per heavy atom. The minimum atomic E-state index is -4.91. The van der Waals surface area contributed by atoms with Crippen LogP contribution in [0.2, 0.25) is 0 Å². The summed E-state index contributed by atoms with van der Waals surface area (Å²) in [5.41, 5.74) is -1.57. The van der Waals surface area contributed by atoms with Gasteiger partial charge in [-0.05, 0) is 6.07 Å². The molecule has 7 heteroatoms. The number of hydrogen-bond donors (Lipinski definition) is 2. The molecule has 0 aliphatic rings. The van der Waals surface area contributed by atoms with Crippen molar-refractivity contribution in [2.75, 3.05) is 0 Å². The van der Waals surface area contributed by atoms with Crippen molar-refractivity contribution in [1.29, 1.82) is 0 Å². The highest BCUT2D eigenvalue weighted by Gasteiger charge is 2.41. The number of halogens is 3. The van der Waals surface area contributed by atoms with Crippen molar-refractivity contribution in [2.24, 2.45) is 0 Å². The second-order valence-corrected chi connectivity index (χ2v) is 2.69. The van der Waals surface area contributed by atoms with Gasteiger partial charge in [0.05, 0.1) is 0 Å². The molecule has 4 nitrogen and oxygen atoms in total. The molecule has 1 aromatic rings. The summed E-state index contributed by atoms with van der Waals surface area (Å²) in [6.07, 6.45) is -6.71. The van der Waals surface area contributed by atoms with E-state index >= 15 is 0 Å². The number of rotatable bonds is 2. The molecule has 0 aliphatic carbocycles. The van der Waals surface area contributed by atoms with Crippen LogP contribution in [-0.2, 0) is 0 Å². The van der Waals surface area contributed by atoms with Gasteiger partial charge in [0, 0.05) is 11.8 Å². The first-order valence-electron chi connectivity index (χ1n) is 3.77. The van der Waals surface area contributed by atoms with Gasteiger partial charge in [0.1, 0.15) is 0 Å². The fourth-order valence-corrected chi connectivity index (χ4v) is 0.993. The van der Waals surface area contributed by atoms with Crippen LogP contribution in [-0.4, -0.2) is 27.3 Å². The smallest absolute Gasteiger partial charge is 0.418 e. The van der Waals surface area contributed by atoms with Crippen LogP contribution in [0, 0.1) is 0 Å². The largest absolute Gasteiger partial charge is 0.477 e. The van der Waals surface area contributed by atoms with Crippen LogP contribution < -0.4 is 0 Å². The summed E-state index contributed by atoms with van der Waals surface area (Å²) in [6.45, 7) is 0. The predicted octanol–water partition coefficient (Wildman–Crippen LogP) is 1.38. The minimum Gasteiger partial charge on any atom is -0.477 e. The summed E-state index contributed by atoms with van der Waals surface area (Å²) >= 11 is 0. The highest BCUT2D eigenvalue weighted by Crippen LogP contribution is 2.33. The molecule has 0 spiro atoms. The maximum absolute atomic E-state index is 12.1. The van der Waals surface area contributed by atoms with Crippen LogP contribution in [0.1, 0.15) is 22.2 Å². The molecule has 0 saturated carbocycles. The average molecular weight is 221 g/mol. The van der Waals surface area contributed by atoms with E-state index in [1.165, 1.54) is 0 Å². The number of carboxylic acids is 1. The maximum Gasteiger partial charge on any atom is 0.418 e. The van der Waals surface area contributed by atoms with Gasteiger partial charge in [0.2, 0.25) is 0 Å². The molecule has 0 radical (unpaired) electrons. The van der Waals surface area contributed by atoms with Gasteiger partial charge < -0.3 is 10.2 Å². The molecule has 0 aromatic carbocycles. The van der Waals surface area contributed by atoms with Crippen molar-refractivity contribution < 1.29 is 28.2 Å². The Bertz CT molecular complexity index is 378. The number of carboxylic acid groups (broad SMARTS) is 1. The van der Waals surface area contributed by atoms with Gasteiger partial charge in [-0.15, -0.1) is 0 Å². The van der Waals surface area contributed by atoms with Crippen LogP contribution >= 0.6 is 0 Å². The zero-order valence-corrected chi connectivity index (χ0v) is 7.19. The van der Waals surface area contributed by atoms with E-state index in [0.717, 1.165) is 18.3 Å². The normalized spacial score (nSPS) is 13.6. The fourth-order valence-electron chi connectivity index (χ4n) is 0.993. The third-order valence-corrected chi connectivity index (χ3v) is 1.65. The van der Waals surface area contributed by atoms with E-state index in [0.29, 0.717) is 0 Å². The first kappa shape index (κ1) is 11.4. The van der Waals surface area contributed by atoms with Gasteiger partial charge >= 0.3 is 12.1 Å². The lowest BCUT2D eigenvalue weighted by atomic mass is 10.1. The maximum atomic E-state index is 12.1. The lowest BCUT2D eigenvalue weighted by Crippen LogP contribution is -2.23. The highest BCUT2D eigenvalue weighted by molar-refractivity contribution is 5.87. The average Bonchev–Trinajstić information content (AvgIpc) is 2.15. The van der Waals surface area contributed by atoms with Crippen molar-refractivity contribution in [2.45, 2.75) is 12.3 Å². The fraction of sp³-hybridized carbons (Fsp3) is 0.250. The molecule has 0 amide bonds. The number of aromatic carboxylic acids is 1. The number of carbonyl (C=O) groups is 1. The number of aliphatic hydroxyl groups is 1. The first-order chi connectivity index (χ1) is 6.84. The molecule has 0 aliphatic heterocycles. The molecule has 15 heavy (non-hydrogen) atoms. The van der Waals surface area contributed by atoms with Crippen molar-refractivity contribution in [3.63, 3.8) is 0 Å². The number of aromatic nitrogens is 1. The van der Waals surface area contributed by atoms with Crippen LogP contribution in [0.4, 0.5) is 13.2 Å². The highest BCUT2D eigenvalue weighted by atomic mass is 19.4. The third kappa shape index (κ3) is 2.44. The van der Waals surface area contributed by atoms with Crippen LogP contribution in [0.3, 0.4) is 0 Å². The second kappa shape index (κ2) is 3.85. The van der Waals surface area contributed by atoms with Crippen molar-refractivity contribution in [3.8, 4) is 0 Å². The predicted molar refractivity (Wildman–Crippen MR) is 42.2 cm³/mol. The minimum absolute atomic E-state index is 0.766. The topological polar surface area (TPSA) is 70.4 Å². The van der Waals surface area contributed by atoms with Crippen molar-refractivity contribution in [1.82, 2.24) is 4.98 Å². The number of aliphatic hydroxyl groups excluding tert-OH is 1. The zero-order valence-electron chi connectivity index (χ0n) is 7.19. The molecule has 1 atom stereocenters. The summed E-state index contributed by atoms with van der Waals surface area (Å²) in [6, 6.07) is 1.99. The Kier molecular flexibility index (Phi) is 2.94. The summed E-state index contributed by atoms with van der Waals surface area (Å²) in [5, 5.41) is 17.4. The SMILES string of the molecule is O=C(O)c1ncccc1C(O)C(F)(F)F. The van der Waals surface area contributed by atoms with Crippen molar-refractivity contribution in [3.05, 3.63) is 29.6 Å². The van der Waals surface area contributed by atoms with Crippen molar-refractivity contribution >= 4 is 5.97 Å². The Labute approximate surface area is 82.0 Å². The second-order valence-electron chi connectivity index (χ2n) is 2.69. The van der Waals surface area contributed by atoms with Gasteiger partial charge in [-0.1, -0.05) is 6.07 Å². The number of hydrogen-bond acceptors (Lipinski definition) is 3. The summed E-state index contributed by atoms with van der Waals surface area (Å²) in [4.78, 5) is 13.8. The van der Waals surface area contributed by atoms with E-state index in [1.807, 2.05) is 0 Å².